The van der Waals surface area contributed by atoms with Crippen molar-refractivity contribution in [2.45, 2.75) is 37.8 Å². The van der Waals surface area contributed by atoms with Crippen LogP contribution in [0.25, 0.3) is 10.9 Å². The zero-order valence-electron chi connectivity index (χ0n) is 15.0. The molecular formula is C18H16FN3O7. The number of nitrogens with zero attached hydrogens (tertiary/aromatic N) is 3. The van der Waals surface area contributed by atoms with E-state index in [0.29, 0.717) is 19.3 Å². The van der Waals surface area contributed by atoms with Crippen molar-refractivity contribution in [1.82, 2.24) is 4.57 Å². The SMILES string of the molecule is O=C(O)c1cn(C2CC2)c2c([N+](=O)[O-])c(N3CCC[C@H]3C(=O)O)c(F)cc2c1=O. The zero-order chi connectivity index (χ0) is 21.0. The Kier molecular flexibility index (Phi) is 4.25. The first-order valence-electron chi connectivity index (χ1n) is 9.00. The van der Waals surface area contributed by atoms with E-state index in [1.54, 1.807) is 0 Å². The number of hydrogen-bond donors (Lipinski definition) is 2. The third-order valence-corrected chi connectivity index (χ3v) is 5.39. The molecule has 2 heterocycles. The third-order valence-electron chi connectivity index (χ3n) is 5.39. The van der Waals surface area contributed by atoms with Crippen molar-refractivity contribution in [2.75, 3.05) is 11.4 Å². The minimum Gasteiger partial charge on any atom is -0.480 e. The molecule has 11 heteroatoms. The van der Waals surface area contributed by atoms with Crippen LogP contribution in [0.3, 0.4) is 0 Å². The van der Waals surface area contributed by atoms with E-state index in [0.717, 1.165) is 17.2 Å². The van der Waals surface area contributed by atoms with Gasteiger partial charge in [0.15, 0.2) is 11.5 Å². The summed E-state index contributed by atoms with van der Waals surface area (Å²) in [5, 5.41) is 30.3. The second-order valence-electron chi connectivity index (χ2n) is 7.21. The maximum absolute atomic E-state index is 15.1. The summed E-state index contributed by atoms with van der Waals surface area (Å²) in [6.45, 7) is 0.112. The number of carboxylic acid groups (broad SMARTS) is 2. The van der Waals surface area contributed by atoms with Crippen LogP contribution in [0.4, 0.5) is 15.8 Å². The number of aromatic nitrogens is 1. The Labute approximate surface area is 161 Å². The monoisotopic (exact) mass is 405 g/mol. The van der Waals surface area contributed by atoms with Crippen LogP contribution in [0.15, 0.2) is 17.1 Å². The molecule has 1 atom stereocenters. The largest absolute Gasteiger partial charge is 0.480 e. The molecule has 1 aliphatic heterocycles. The van der Waals surface area contributed by atoms with Crippen LogP contribution in [0.1, 0.15) is 42.1 Å². The molecule has 1 saturated heterocycles. The van der Waals surface area contributed by atoms with Gasteiger partial charge in [-0.1, -0.05) is 0 Å². The number of aromatic carboxylic acids is 1. The number of pyridine rings is 1. The minimum atomic E-state index is -1.51. The van der Waals surface area contributed by atoms with E-state index in [4.69, 9.17) is 0 Å². The van der Waals surface area contributed by atoms with E-state index in [1.807, 2.05) is 0 Å². The highest BCUT2D eigenvalue weighted by atomic mass is 19.1. The van der Waals surface area contributed by atoms with Gasteiger partial charge in [-0.3, -0.25) is 14.9 Å². The molecule has 0 amide bonds. The molecule has 2 aromatic rings. The summed E-state index contributed by atoms with van der Waals surface area (Å²) in [6, 6.07) is -0.593. The number of carbonyl (C=O) groups is 2. The third kappa shape index (κ3) is 2.89. The molecule has 10 nitrogen and oxygen atoms in total. The fourth-order valence-corrected chi connectivity index (χ4v) is 3.99. The molecule has 0 bridgehead atoms. The van der Waals surface area contributed by atoms with Crippen molar-refractivity contribution in [1.29, 1.82) is 0 Å². The van der Waals surface area contributed by atoms with Crippen molar-refractivity contribution in [2.24, 2.45) is 0 Å². The first-order chi connectivity index (χ1) is 13.7. The van der Waals surface area contributed by atoms with Gasteiger partial charge in [0, 0.05) is 18.8 Å². The molecule has 152 valence electrons. The van der Waals surface area contributed by atoms with Crippen LogP contribution in [0, 0.1) is 15.9 Å². The number of rotatable bonds is 5. The molecule has 0 spiro atoms. The molecule has 0 radical (unpaired) electrons. The van der Waals surface area contributed by atoms with Gasteiger partial charge < -0.3 is 19.7 Å². The average molecular weight is 405 g/mol. The van der Waals surface area contributed by atoms with E-state index in [9.17, 15) is 34.7 Å². The van der Waals surface area contributed by atoms with Crippen molar-refractivity contribution in [3.8, 4) is 0 Å². The molecule has 29 heavy (non-hydrogen) atoms. The van der Waals surface area contributed by atoms with Gasteiger partial charge >= 0.3 is 17.6 Å². The maximum atomic E-state index is 15.1. The minimum absolute atomic E-state index is 0.112. The lowest BCUT2D eigenvalue weighted by Crippen LogP contribution is -2.37. The Hall–Kier alpha value is -3.50. The summed E-state index contributed by atoms with van der Waals surface area (Å²) < 4.78 is 16.4. The van der Waals surface area contributed by atoms with Gasteiger partial charge in [-0.25, -0.2) is 14.0 Å². The summed E-state index contributed by atoms with van der Waals surface area (Å²) in [6.07, 6.45) is 2.93. The van der Waals surface area contributed by atoms with E-state index in [2.05, 4.69) is 0 Å². The van der Waals surface area contributed by atoms with Gasteiger partial charge in [0.05, 0.1) is 10.3 Å². The van der Waals surface area contributed by atoms with E-state index in [1.165, 1.54) is 4.57 Å². The van der Waals surface area contributed by atoms with Crippen LogP contribution in [0.5, 0.6) is 0 Å². The number of benzene rings is 1. The van der Waals surface area contributed by atoms with Crippen molar-refractivity contribution >= 4 is 34.2 Å². The highest BCUT2D eigenvalue weighted by molar-refractivity contribution is 5.99. The highest BCUT2D eigenvalue weighted by Gasteiger charge is 2.40. The van der Waals surface area contributed by atoms with Crippen molar-refractivity contribution < 1.29 is 29.1 Å². The topological polar surface area (TPSA) is 143 Å². The number of fused-ring (bicyclic) bond motifs is 1. The van der Waals surface area contributed by atoms with Gasteiger partial charge in [0.1, 0.15) is 17.1 Å². The Morgan fingerprint density at radius 1 is 1.24 bits per heavy atom. The lowest BCUT2D eigenvalue weighted by Gasteiger charge is -2.25. The Balaban J connectivity index is 2.12. The van der Waals surface area contributed by atoms with Gasteiger partial charge in [0.25, 0.3) is 0 Å². The molecule has 1 saturated carbocycles. The van der Waals surface area contributed by atoms with E-state index >= 15 is 4.39 Å². The number of nitro groups is 1. The van der Waals surface area contributed by atoms with Crippen LogP contribution in [0.2, 0.25) is 0 Å². The number of anilines is 1. The van der Waals surface area contributed by atoms with Crippen molar-refractivity contribution in [3.63, 3.8) is 0 Å². The molecule has 2 aliphatic rings. The van der Waals surface area contributed by atoms with Gasteiger partial charge in [0.2, 0.25) is 5.43 Å². The van der Waals surface area contributed by atoms with Crippen LogP contribution in [-0.2, 0) is 4.79 Å². The first-order valence-corrected chi connectivity index (χ1v) is 9.00. The molecular weight excluding hydrogens is 389 g/mol. The molecule has 2 fully saturated rings. The number of carboxylic acids is 2. The zero-order valence-corrected chi connectivity index (χ0v) is 15.0. The smallest absolute Gasteiger partial charge is 0.341 e. The standard InChI is InChI=1S/C18H16FN3O7/c19-11-6-9-13(21(8-3-4-8)7-10(16(9)23)17(24)25)15(22(28)29)14(11)20-5-1-2-12(20)18(26)27/h6-8,12H,1-5H2,(H,24,25)(H,26,27)/t12-/m0/s1. The lowest BCUT2D eigenvalue weighted by molar-refractivity contribution is -0.382. The summed E-state index contributed by atoms with van der Waals surface area (Å²) in [5.41, 5.74) is -3.00. The molecule has 4 rings (SSSR count). The molecule has 1 aromatic carbocycles. The lowest BCUT2D eigenvalue weighted by atomic mass is 10.1. The highest BCUT2D eigenvalue weighted by Crippen LogP contribution is 2.44. The second-order valence-corrected chi connectivity index (χ2v) is 7.21. The average Bonchev–Trinajstić information content (AvgIpc) is 3.36. The fraction of sp³-hybridized carbons (Fsp3) is 0.389. The van der Waals surface area contributed by atoms with Gasteiger partial charge in [-0.15, -0.1) is 0 Å². The predicted molar refractivity (Wildman–Crippen MR) is 98.1 cm³/mol. The molecule has 1 aromatic heterocycles. The Morgan fingerprint density at radius 3 is 2.48 bits per heavy atom. The molecule has 2 N–H and O–H groups in total. The Bertz CT molecular complexity index is 1140. The molecule has 1 aliphatic carbocycles. The second kappa shape index (κ2) is 6.54. The van der Waals surface area contributed by atoms with Crippen molar-refractivity contribution in [3.05, 3.63) is 44.0 Å². The first kappa shape index (κ1) is 18.8. The summed E-state index contributed by atoms with van der Waals surface area (Å²) in [4.78, 5) is 47.9. The quantitative estimate of drug-likeness (QED) is 0.569. The van der Waals surface area contributed by atoms with Crippen LogP contribution < -0.4 is 10.3 Å². The van der Waals surface area contributed by atoms with Gasteiger partial charge in [-0.2, -0.15) is 0 Å². The predicted octanol–water partition coefficient (Wildman–Crippen LogP) is 2.14. The summed E-state index contributed by atoms with van der Waals surface area (Å²) in [7, 11) is 0. The number of aliphatic carboxylic acids is 1. The number of halogens is 1. The van der Waals surface area contributed by atoms with Gasteiger partial charge in [-0.05, 0) is 31.7 Å². The summed E-state index contributed by atoms with van der Waals surface area (Å²) >= 11 is 0. The fourth-order valence-electron chi connectivity index (χ4n) is 3.99. The van der Waals surface area contributed by atoms with E-state index in [-0.39, 0.29) is 24.5 Å². The Morgan fingerprint density at radius 2 is 1.93 bits per heavy atom. The molecule has 0 unspecified atom stereocenters. The summed E-state index contributed by atoms with van der Waals surface area (Å²) in [5.74, 6) is -3.86. The number of nitro benzene ring substituents is 1. The maximum Gasteiger partial charge on any atom is 0.341 e. The van der Waals surface area contributed by atoms with Crippen LogP contribution >= 0.6 is 0 Å². The number of hydrogen-bond acceptors (Lipinski definition) is 6. The van der Waals surface area contributed by atoms with Crippen LogP contribution in [-0.4, -0.2) is 44.2 Å². The normalized spacial score (nSPS) is 18.9. The van der Waals surface area contributed by atoms with E-state index < -0.39 is 56.5 Å².